The Morgan fingerprint density at radius 1 is 1.30 bits per heavy atom. The number of hydrogen-bond donors (Lipinski definition) is 5. The molecule has 10 heteroatoms. The fourth-order valence-electron chi connectivity index (χ4n) is 3.99. The highest BCUT2D eigenvalue weighted by Crippen LogP contribution is 2.41. The van der Waals surface area contributed by atoms with Gasteiger partial charge in [0.2, 0.25) is 0 Å². The van der Waals surface area contributed by atoms with Crippen LogP contribution in [0.5, 0.6) is 0 Å². The van der Waals surface area contributed by atoms with Crippen LogP contribution in [0.1, 0.15) is 52.6 Å². The number of urea groups is 1. The second-order valence-corrected chi connectivity index (χ2v) is 9.47. The van der Waals surface area contributed by atoms with E-state index in [2.05, 4.69) is 16.4 Å². The average molecular weight is 448 g/mol. The Labute approximate surface area is 183 Å². The number of carbonyl (C=O) groups excluding carboxylic acids is 1. The van der Waals surface area contributed by atoms with Crippen LogP contribution in [0.25, 0.3) is 0 Å². The van der Waals surface area contributed by atoms with Gasteiger partial charge in [0.15, 0.2) is 0 Å². The van der Waals surface area contributed by atoms with Gasteiger partial charge in [-0.3, -0.25) is 5.14 Å². The van der Waals surface area contributed by atoms with Crippen molar-refractivity contribution < 1.29 is 15.0 Å². The minimum Gasteiger partial charge on any atom is -0.393 e. The lowest BCUT2D eigenvalue weighted by Crippen LogP contribution is -2.25. The number of carbonyl (C=O) groups is 1. The predicted octanol–water partition coefficient (Wildman–Crippen LogP) is 2.33. The number of nitrogens with two attached hydrogens (primary N) is 2. The lowest BCUT2D eigenvalue weighted by atomic mass is 9.93. The smallest absolute Gasteiger partial charge is 0.316 e. The van der Waals surface area contributed by atoms with Gasteiger partial charge in [0.1, 0.15) is 10.6 Å². The second kappa shape index (κ2) is 9.32. The summed E-state index contributed by atoms with van der Waals surface area (Å²) in [6, 6.07) is 1.85. The summed E-state index contributed by atoms with van der Waals surface area (Å²) in [5.41, 5.74) is 10.4. The van der Waals surface area contributed by atoms with Crippen molar-refractivity contribution in [3.05, 3.63) is 39.0 Å². The van der Waals surface area contributed by atoms with E-state index in [0.717, 1.165) is 88.2 Å². The molecule has 7 N–H and O–H groups in total. The number of rotatable bonds is 4. The summed E-state index contributed by atoms with van der Waals surface area (Å²) in [4.78, 5) is 15.1. The summed E-state index contributed by atoms with van der Waals surface area (Å²) in [6.45, 7) is 1.17. The van der Waals surface area contributed by atoms with Gasteiger partial charge in [-0.05, 0) is 79.7 Å². The zero-order chi connectivity index (χ0) is 21.9. The second-order valence-electron chi connectivity index (χ2n) is 7.51. The van der Waals surface area contributed by atoms with Crippen LogP contribution in [-0.4, -0.2) is 27.8 Å². The van der Waals surface area contributed by atoms with E-state index >= 15 is 0 Å². The first kappa shape index (κ1) is 22.5. The van der Waals surface area contributed by atoms with E-state index in [-0.39, 0.29) is 6.61 Å². The Kier molecular flexibility index (Phi) is 7.00. The van der Waals surface area contributed by atoms with Crippen LogP contribution in [-0.2, 0) is 31.3 Å². The number of nitrogens with one attached hydrogen (secondary N) is 1. The SMILES string of the molecule is CC(O)(CO)c1ncc(SN)s1.N#Cc1c2c(c(NC(N)=O)c3c1CCC3)CCC2. The van der Waals surface area contributed by atoms with Crippen LogP contribution in [0.3, 0.4) is 0 Å². The molecule has 2 amide bonds. The summed E-state index contributed by atoms with van der Waals surface area (Å²) in [6.07, 6.45) is 7.45. The fraction of sp³-hybridized carbons (Fsp3) is 0.450. The van der Waals surface area contributed by atoms with E-state index in [1.807, 2.05) is 0 Å². The Hall–Kier alpha value is -2.16. The van der Waals surface area contributed by atoms with E-state index < -0.39 is 11.6 Å². The number of amides is 2. The van der Waals surface area contributed by atoms with Gasteiger partial charge >= 0.3 is 6.03 Å². The van der Waals surface area contributed by atoms with Crippen LogP contribution in [0.4, 0.5) is 10.5 Å². The number of primary amides is 1. The number of aliphatic hydroxyl groups excluding tert-OH is 1. The van der Waals surface area contributed by atoms with Crippen LogP contribution in [0, 0.1) is 11.3 Å². The van der Waals surface area contributed by atoms with Crippen molar-refractivity contribution >= 4 is 35.0 Å². The van der Waals surface area contributed by atoms with Crippen molar-refractivity contribution in [2.24, 2.45) is 10.9 Å². The van der Waals surface area contributed by atoms with Gasteiger partial charge in [-0.25, -0.2) is 9.78 Å². The lowest BCUT2D eigenvalue weighted by molar-refractivity contribution is -0.00244. The molecule has 1 unspecified atom stereocenters. The Bertz CT molecular complexity index is 962. The number of aromatic nitrogens is 1. The Balaban J connectivity index is 0.000000187. The number of anilines is 1. The van der Waals surface area contributed by atoms with Gasteiger partial charge in [-0.2, -0.15) is 5.26 Å². The molecule has 0 radical (unpaired) electrons. The van der Waals surface area contributed by atoms with Gasteiger partial charge in [-0.15, -0.1) is 11.3 Å². The molecule has 1 atom stereocenters. The highest BCUT2D eigenvalue weighted by Gasteiger charge is 2.29. The van der Waals surface area contributed by atoms with Crippen molar-refractivity contribution in [3.63, 3.8) is 0 Å². The van der Waals surface area contributed by atoms with E-state index in [9.17, 15) is 15.2 Å². The first-order chi connectivity index (χ1) is 14.3. The molecule has 0 aliphatic heterocycles. The molecule has 0 saturated heterocycles. The molecule has 160 valence electrons. The summed E-state index contributed by atoms with van der Waals surface area (Å²) >= 11 is 2.36. The summed E-state index contributed by atoms with van der Waals surface area (Å²) < 4.78 is 0.818. The van der Waals surface area contributed by atoms with E-state index in [1.165, 1.54) is 18.3 Å². The van der Waals surface area contributed by atoms with Gasteiger partial charge < -0.3 is 21.3 Å². The zero-order valence-electron chi connectivity index (χ0n) is 16.7. The van der Waals surface area contributed by atoms with Crippen molar-refractivity contribution in [2.75, 3.05) is 11.9 Å². The van der Waals surface area contributed by atoms with Crippen molar-refractivity contribution in [2.45, 2.75) is 55.3 Å². The third kappa shape index (κ3) is 4.45. The van der Waals surface area contributed by atoms with Crippen molar-refractivity contribution in [3.8, 4) is 6.07 Å². The molecule has 2 aliphatic carbocycles. The number of benzene rings is 1. The minimum atomic E-state index is -1.25. The van der Waals surface area contributed by atoms with Crippen LogP contribution in [0.2, 0.25) is 0 Å². The normalized spacial score (nSPS) is 16.0. The molecular formula is C20H25N5O3S2. The number of fused-ring (bicyclic) bond motifs is 2. The molecule has 30 heavy (non-hydrogen) atoms. The lowest BCUT2D eigenvalue weighted by Gasteiger charge is -2.16. The summed E-state index contributed by atoms with van der Waals surface area (Å²) in [5.74, 6) is 0. The predicted molar refractivity (Wildman–Crippen MR) is 117 cm³/mol. The molecule has 0 spiro atoms. The molecule has 4 rings (SSSR count). The molecule has 0 bridgehead atoms. The molecular weight excluding hydrogens is 422 g/mol. The third-order valence-electron chi connectivity index (χ3n) is 5.37. The average Bonchev–Trinajstić information content (AvgIpc) is 3.47. The van der Waals surface area contributed by atoms with Gasteiger partial charge in [0.25, 0.3) is 0 Å². The van der Waals surface area contributed by atoms with E-state index in [0.29, 0.717) is 5.01 Å². The molecule has 1 heterocycles. The van der Waals surface area contributed by atoms with Crippen molar-refractivity contribution in [1.82, 2.24) is 4.98 Å². The fourth-order valence-corrected chi connectivity index (χ4v) is 5.22. The van der Waals surface area contributed by atoms with E-state index in [4.69, 9.17) is 16.0 Å². The van der Waals surface area contributed by atoms with Gasteiger partial charge in [-0.1, -0.05) is 0 Å². The standard InChI is InChI=1S/C14H15N3O.C6H10N2O2S2/c15-7-12-8-3-1-5-10(8)13(17-14(16)18)11-6-2-4-9(11)12;1-6(10,3-9)5-8-2-4(11-5)12-7/h1-6H2,(H3,16,17,18);2,9-10H,3,7H2,1H3. The van der Waals surface area contributed by atoms with Gasteiger partial charge in [0.05, 0.1) is 28.6 Å². The molecule has 2 aromatic rings. The van der Waals surface area contributed by atoms with Crippen molar-refractivity contribution in [1.29, 1.82) is 5.26 Å². The molecule has 1 aromatic heterocycles. The number of thiazole rings is 1. The number of aliphatic hydroxyl groups is 2. The highest BCUT2D eigenvalue weighted by atomic mass is 32.2. The molecule has 0 saturated carbocycles. The molecule has 0 fully saturated rings. The molecule has 8 nitrogen and oxygen atoms in total. The number of nitrogens with zero attached hydrogens (tertiary/aromatic N) is 2. The first-order valence-corrected chi connectivity index (χ1v) is 11.3. The third-order valence-corrected chi connectivity index (χ3v) is 7.29. The maximum atomic E-state index is 11.2. The first-order valence-electron chi connectivity index (χ1n) is 9.64. The number of nitriles is 1. The monoisotopic (exact) mass is 447 g/mol. The highest BCUT2D eigenvalue weighted by molar-refractivity contribution is 7.99. The van der Waals surface area contributed by atoms with Crippen LogP contribution >= 0.6 is 23.3 Å². The minimum absolute atomic E-state index is 0.338. The van der Waals surface area contributed by atoms with E-state index in [1.54, 1.807) is 6.20 Å². The van der Waals surface area contributed by atoms with Crippen LogP contribution in [0.15, 0.2) is 10.4 Å². The summed E-state index contributed by atoms with van der Waals surface area (Å²) in [7, 11) is 0. The summed E-state index contributed by atoms with van der Waals surface area (Å²) in [5, 5.41) is 36.3. The topological polar surface area (TPSA) is 158 Å². The molecule has 1 aromatic carbocycles. The Morgan fingerprint density at radius 3 is 2.30 bits per heavy atom. The van der Waals surface area contributed by atoms with Crippen LogP contribution < -0.4 is 16.2 Å². The quantitative estimate of drug-likeness (QED) is 0.450. The Morgan fingerprint density at radius 2 is 1.87 bits per heavy atom. The van der Waals surface area contributed by atoms with Gasteiger partial charge in [0, 0.05) is 5.69 Å². The largest absolute Gasteiger partial charge is 0.393 e. The zero-order valence-corrected chi connectivity index (χ0v) is 18.3. The maximum absolute atomic E-state index is 11.2. The molecule has 2 aliphatic rings. The maximum Gasteiger partial charge on any atom is 0.316 e. The number of hydrogen-bond acceptors (Lipinski definition) is 8.